The molecule has 0 aliphatic carbocycles. The maximum atomic E-state index is 8.96. The fourth-order valence-electron chi connectivity index (χ4n) is 4.08. The topological polar surface area (TPSA) is 81.6 Å². The Hall–Kier alpha value is -2.41. The minimum absolute atomic E-state index is 0.115. The molecule has 1 atom stereocenters. The third-order valence-electron chi connectivity index (χ3n) is 5.34. The molecule has 0 bridgehead atoms. The monoisotopic (exact) mass is 381 g/mol. The Balaban J connectivity index is 1.35. The van der Waals surface area contributed by atoms with Gasteiger partial charge in [-0.05, 0) is 67.1 Å². The van der Waals surface area contributed by atoms with Crippen LogP contribution in [0.25, 0.3) is 10.9 Å². The average Bonchev–Trinajstić information content (AvgIpc) is 3.15. The van der Waals surface area contributed by atoms with E-state index in [1.807, 2.05) is 24.4 Å². The first kappa shape index (κ1) is 18.9. The summed E-state index contributed by atoms with van der Waals surface area (Å²) in [4.78, 5) is 2.50. The van der Waals surface area contributed by atoms with Crippen LogP contribution in [0.2, 0.25) is 0 Å². The minimum atomic E-state index is -1.45. The van der Waals surface area contributed by atoms with Gasteiger partial charge in [0.25, 0.3) is 0 Å². The number of H-pyrrole nitrogens is 1. The highest BCUT2D eigenvalue weighted by atomic mass is 16.5. The molecule has 6 heteroatoms. The normalized spacial score (nSPS) is 18.0. The Kier molecular flexibility index (Phi) is 5.90. The molecule has 6 nitrogen and oxygen atoms in total. The van der Waals surface area contributed by atoms with Crippen LogP contribution in [0.3, 0.4) is 0 Å². The molecule has 1 aliphatic rings. The quantitative estimate of drug-likeness (QED) is 0.548. The van der Waals surface area contributed by atoms with Crippen LogP contribution in [0.15, 0.2) is 48.7 Å². The van der Waals surface area contributed by atoms with Gasteiger partial charge >= 0.3 is 0 Å². The maximum absolute atomic E-state index is 8.96. The van der Waals surface area contributed by atoms with Gasteiger partial charge in [-0.25, -0.2) is 0 Å². The second kappa shape index (κ2) is 8.73. The minimum Gasteiger partial charge on any atom is -0.488 e. The Labute approximate surface area is 164 Å². The number of aromatic amines is 1. The van der Waals surface area contributed by atoms with E-state index in [9.17, 15) is 0 Å². The van der Waals surface area contributed by atoms with Crippen molar-refractivity contribution in [3.8, 4) is 5.75 Å². The Morgan fingerprint density at radius 3 is 3.00 bits per heavy atom. The van der Waals surface area contributed by atoms with Crippen molar-refractivity contribution in [3.63, 3.8) is 0 Å². The summed E-state index contributed by atoms with van der Waals surface area (Å²) >= 11 is 0. The molecule has 2 aromatic carbocycles. The zero-order valence-corrected chi connectivity index (χ0v) is 15.9. The van der Waals surface area contributed by atoms with E-state index in [0.29, 0.717) is 11.7 Å². The Morgan fingerprint density at radius 2 is 2.11 bits per heavy atom. The first-order valence-electron chi connectivity index (χ1n) is 9.88. The molecular formula is C22H27N3O3. The number of ether oxygens (including phenoxy) is 1. The summed E-state index contributed by atoms with van der Waals surface area (Å²) in [5, 5.41) is 26.2. The summed E-state index contributed by atoms with van der Waals surface area (Å²) in [5.41, 5.74) is 3.65. The molecule has 0 amide bonds. The number of fused-ring (bicyclic) bond motifs is 1. The molecule has 1 fully saturated rings. The zero-order chi connectivity index (χ0) is 19.3. The molecule has 1 aromatic heterocycles. The summed E-state index contributed by atoms with van der Waals surface area (Å²) in [7, 11) is 0. The lowest BCUT2D eigenvalue weighted by Gasteiger charge is -2.33. The summed E-state index contributed by atoms with van der Waals surface area (Å²) in [5.74, 6) is 1.33. The highest BCUT2D eigenvalue weighted by Gasteiger charge is 2.20. The largest absolute Gasteiger partial charge is 0.488 e. The highest BCUT2D eigenvalue weighted by Crippen LogP contribution is 2.24. The molecule has 28 heavy (non-hydrogen) atoms. The number of likely N-dealkylation sites (tertiary alicyclic amines) is 1. The van der Waals surface area contributed by atoms with Gasteiger partial charge in [-0.2, -0.15) is 5.10 Å². The lowest BCUT2D eigenvalue weighted by Crippen LogP contribution is -2.35. The number of rotatable bonds is 7. The van der Waals surface area contributed by atoms with Crippen LogP contribution in [0.5, 0.6) is 5.75 Å². The zero-order valence-electron chi connectivity index (χ0n) is 15.9. The molecule has 4 rings (SSSR count). The van der Waals surface area contributed by atoms with Crippen molar-refractivity contribution in [1.82, 2.24) is 15.1 Å². The van der Waals surface area contributed by atoms with Crippen LogP contribution in [0, 0.1) is 5.92 Å². The van der Waals surface area contributed by atoms with E-state index in [1.165, 1.54) is 29.4 Å². The summed E-state index contributed by atoms with van der Waals surface area (Å²) in [6, 6.07) is 14.4. The van der Waals surface area contributed by atoms with Gasteiger partial charge in [0, 0.05) is 18.5 Å². The molecule has 0 saturated carbocycles. The van der Waals surface area contributed by atoms with Gasteiger partial charge in [0.05, 0.1) is 11.7 Å². The Bertz CT molecular complexity index is 909. The number of nitrogens with one attached hydrogen (secondary N) is 1. The molecule has 3 aromatic rings. The lowest BCUT2D eigenvalue weighted by molar-refractivity contribution is -0.0680. The lowest BCUT2D eigenvalue weighted by atomic mass is 9.90. The fourth-order valence-corrected chi connectivity index (χ4v) is 4.08. The highest BCUT2D eigenvalue weighted by molar-refractivity contribution is 5.78. The van der Waals surface area contributed by atoms with E-state index >= 15 is 0 Å². The predicted octanol–water partition coefficient (Wildman–Crippen LogP) is 2.71. The Morgan fingerprint density at radius 1 is 1.18 bits per heavy atom. The van der Waals surface area contributed by atoms with Crippen LogP contribution in [0.4, 0.5) is 0 Å². The summed E-state index contributed by atoms with van der Waals surface area (Å²) < 4.78 is 5.40. The molecule has 0 unspecified atom stereocenters. The smallest absolute Gasteiger partial charge is 0.186 e. The number of hydrogen-bond donors (Lipinski definition) is 3. The van der Waals surface area contributed by atoms with Crippen molar-refractivity contribution in [2.24, 2.45) is 5.92 Å². The van der Waals surface area contributed by atoms with E-state index in [2.05, 4.69) is 39.4 Å². The van der Waals surface area contributed by atoms with Gasteiger partial charge in [0.2, 0.25) is 0 Å². The first-order chi connectivity index (χ1) is 13.7. The third kappa shape index (κ3) is 4.90. The molecule has 0 spiro atoms. The van der Waals surface area contributed by atoms with Gasteiger partial charge < -0.3 is 14.9 Å². The van der Waals surface area contributed by atoms with E-state index in [4.69, 9.17) is 14.9 Å². The van der Waals surface area contributed by atoms with E-state index < -0.39 is 6.29 Å². The molecule has 2 heterocycles. The van der Waals surface area contributed by atoms with Crippen LogP contribution in [0.1, 0.15) is 24.0 Å². The number of aliphatic hydroxyl groups excluding tert-OH is 1. The van der Waals surface area contributed by atoms with Gasteiger partial charge in [-0.15, -0.1) is 0 Å². The maximum Gasteiger partial charge on any atom is 0.186 e. The number of nitrogens with zero attached hydrogens (tertiary/aromatic N) is 2. The summed E-state index contributed by atoms with van der Waals surface area (Å²) in [6.45, 7) is 2.97. The second-order valence-corrected chi connectivity index (χ2v) is 7.68. The van der Waals surface area contributed by atoms with Crippen molar-refractivity contribution >= 4 is 10.9 Å². The molecule has 0 radical (unpaired) electrons. The SMILES string of the molecule is OC(O)COc1cccc(CN2CCC[C@H](Cc3ccc4[nH]ncc4c3)C2)c1. The first-order valence-corrected chi connectivity index (χ1v) is 9.88. The number of hydrogen-bond acceptors (Lipinski definition) is 5. The fraction of sp³-hybridized carbons (Fsp3) is 0.409. The van der Waals surface area contributed by atoms with Crippen molar-refractivity contribution in [2.45, 2.75) is 32.1 Å². The molecule has 148 valence electrons. The van der Waals surface area contributed by atoms with Crippen LogP contribution in [-0.4, -0.2) is 51.3 Å². The predicted molar refractivity (Wildman–Crippen MR) is 108 cm³/mol. The van der Waals surface area contributed by atoms with E-state index in [-0.39, 0.29) is 6.61 Å². The molecule has 1 aliphatic heterocycles. The van der Waals surface area contributed by atoms with Crippen LogP contribution >= 0.6 is 0 Å². The molecular weight excluding hydrogens is 354 g/mol. The molecule has 3 N–H and O–H groups in total. The number of aliphatic hydroxyl groups is 2. The third-order valence-corrected chi connectivity index (χ3v) is 5.34. The summed E-state index contributed by atoms with van der Waals surface area (Å²) in [6.07, 6.45) is 4.00. The molecule has 1 saturated heterocycles. The second-order valence-electron chi connectivity index (χ2n) is 7.68. The van der Waals surface area contributed by atoms with Crippen LogP contribution in [-0.2, 0) is 13.0 Å². The van der Waals surface area contributed by atoms with E-state index in [0.717, 1.165) is 31.6 Å². The number of aromatic nitrogens is 2. The van der Waals surface area contributed by atoms with Crippen molar-refractivity contribution in [3.05, 3.63) is 59.8 Å². The average molecular weight is 381 g/mol. The standard InChI is InChI=1S/C22H27N3O3/c26-22(27)15-28-20-5-1-3-18(11-20)14-25-8-2-4-17(13-25)9-16-6-7-21-19(10-16)12-23-24-21/h1,3,5-7,10-12,17,22,26-27H,2,4,8-9,13-15H2,(H,23,24)/t17-/m1/s1. The van der Waals surface area contributed by atoms with Crippen LogP contribution < -0.4 is 4.74 Å². The van der Waals surface area contributed by atoms with Crippen molar-refractivity contribution in [2.75, 3.05) is 19.7 Å². The van der Waals surface area contributed by atoms with Gasteiger partial charge in [-0.3, -0.25) is 10.00 Å². The van der Waals surface area contributed by atoms with Gasteiger partial charge in [-0.1, -0.05) is 18.2 Å². The van der Waals surface area contributed by atoms with E-state index in [1.54, 1.807) is 0 Å². The van der Waals surface area contributed by atoms with Crippen molar-refractivity contribution < 1.29 is 14.9 Å². The van der Waals surface area contributed by atoms with Crippen molar-refractivity contribution in [1.29, 1.82) is 0 Å². The van der Waals surface area contributed by atoms with Gasteiger partial charge in [0.1, 0.15) is 12.4 Å². The van der Waals surface area contributed by atoms with Gasteiger partial charge in [0.15, 0.2) is 6.29 Å². The number of benzene rings is 2. The number of piperidine rings is 1.